The molecule has 0 radical (unpaired) electrons. The summed E-state index contributed by atoms with van der Waals surface area (Å²) in [4.78, 5) is 1.28. The van der Waals surface area contributed by atoms with E-state index in [1.54, 1.807) is 0 Å². The molecule has 0 aliphatic heterocycles. The zero-order chi connectivity index (χ0) is 9.52. The first-order chi connectivity index (χ1) is 6.33. The molecule has 0 unspecified atom stereocenters. The minimum absolute atomic E-state index is 0.765. The van der Waals surface area contributed by atoms with Crippen molar-refractivity contribution in [3.8, 4) is 0 Å². The number of unbranched alkanes of at least 4 members (excludes halogenated alkanes) is 1. The molecule has 72 valence electrons. The summed E-state index contributed by atoms with van der Waals surface area (Å²) in [6.07, 6.45) is 2.28. The number of rotatable bonds is 5. The van der Waals surface area contributed by atoms with Gasteiger partial charge in [0.2, 0.25) is 0 Å². The third-order valence-electron chi connectivity index (χ3n) is 1.61. The highest BCUT2D eigenvalue weighted by Gasteiger charge is 1.93. The minimum Gasteiger partial charge on any atom is -0.127 e. The predicted octanol–water partition coefficient (Wildman–Crippen LogP) is 4.45. The van der Waals surface area contributed by atoms with Gasteiger partial charge in [-0.25, -0.2) is 0 Å². The van der Waals surface area contributed by atoms with Crippen molar-refractivity contribution >= 4 is 35.0 Å². The van der Waals surface area contributed by atoms with Gasteiger partial charge < -0.3 is 0 Å². The van der Waals surface area contributed by atoms with Crippen LogP contribution in [0.1, 0.15) is 12.8 Å². The standard InChI is InChI=1S/C10H12Cl2S/c11-7-1-2-8-13-10-5-3-9(12)4-6-10/h3-6H,1-2,7-8H2. The van der Waals surface area contributed by atoms with Crippen LogP contribution < -0.4 is 0 Å². The molecular formula is C10H12Cl2S. The monoisotopic (exact) mass is 234 g/mol. The SMILES string of the molecule is ClCCCCSc1ccc(Cl)cc1. The number of benzene rings is 1. The van der Waals surface area contributed by atoms with Crippen LogP contribution in [0.4, 0.5) is 0 Å². The van der Waals surface area contributed by atoms with Crippen molar-refractivity contribution in [2.75, 3.05) is 11.6 Å². The van der Waals surface area contributed by atoms with Crippen LogP contribution in [0.15, 0.2) is 29.2 Å². The number of hydrogen-bond donors (Lipinski definition) is 0. The molecule has 0 fully saturated rings. The van der Waals surface area contributed by atoms with Crippen LogP contribution in [-0.4, -0.2) is 11.6 Å². The van der Waals surface area contributed by atoms with Crippen LogP contribution in [0, 0.1) is 0 Å². The Balaban J connectivity index is 2.25. The molecule has 0 saturated heterocycles. The van der Waals surface area contributed by atoms with Crippen LogP contribution in [0.5, 0.6) is 0 Å². The molecule has 3 heteroatoms. The lowest BCUT2D eigenvalue weighted by atomic mass is 10.4. The van der Waals surface area contributed by atoms with Gasteiger partial charge in [-0.15, -0.1) is 23.4 Å². The van der Waals surface area contributed by atoms with Crippen molar-refractivity contribution in [2.24, 2.45) is 0 Å². The highest BCUT2D eigenvalue weighted by Crippen LogP contribution is 2.21. The van der Waals surface area contributed by atoms with Gasteiger partial charge in [-0.05, 0) is 42.9 Å². The van der Waals surface area contributed by atoms with Crippen molar-refractivity contribution in [1.82, 2.24) is 0 Å². The molecule has 0 saturated carbocycles. The van der Waals surface area contributed by atoms with Crippen molar-refractivity contribution < 1.29 is 0 Å². The van der Waals surface area contributed by atoms with Gasteiger partial charge in [0.15, 0.2) is 0 Å². The van der Waals surface area contributed by atoms with Crippen LogP contribution in [0.25, 0.3) is 0 Å². The Morgan fingerprint density at radius 2 is 1.77 bits per heavy atom. The summed E-state index contributed by atoms with van der Waals surface area (Å²) >= 11 is 13.2. The Kier molecular flexibility index (Phi) is 5.68. The average Bonchev–Trinajstić information content (AvgIpc) is 2.15. The molecule has 0 aromatic heterocycles. The Hall–Kier alpha value is 0.150. The van der Waals surface area contributed by atoms with E-state index in [-0.39, 0.29) is 0 Å². The molecule has 0 spiro atoms. The van der Waals surface area contributed by atoms with Gasteiger partial charge in [-0.1, -0.05) is 11.6 Å². The predicted molar refractivity (Wildman–Crippen MR) is 62.1 cm³/mol. The van der Waals surface area contributed by atoms with E-state index in [0.717, 1.165) is 23.1 Å². The van der Waals surface area contributed by atoms with Crippen LogP contribution in [0.2, 0.25) is 5.02 Å². The molecular weight excluding hydrogens is 223 g/mol. The zero-order valence-electron chi connectivity index (χ0n) is 7.30. The van der Waals surface area contributed by atoms with Gasteiger partial charge in [-0.2, -0.15) is 0 Å². The lowest BCUT2D eigenvalue weighted by Gasteiger charge is -2.00. The fourth-order valence-corrected chi connectivity index (χ4v) is 2.15. The van der Waals surface area contributed by atoms with E-state index in [1.165, 1.54) is 11.3 Å². The van der Waals surface area contributed by atoms with Crippen LogP contribution in [0.3, 0.4) is 0 Å². The molecule has 0 heterocycles. The summed E-state index contributed by atoms with van der Waals surface area (Å²) in [6.45, 7) is 0. The third-order valence-corrected chi connectivity index (χ3v) is 3.23. The van der Waals surface area contributed by atoms with Gasteiger partial charge >= 0.3 is 0 Å². The molecule has 0 N–H and O–H groups in total. The Labute approximate surface area is 93.6 Å². The summed E-state index contributed by atoms with van der Waals surface area (Å²) in [6, 6.07) is 7.94. The molecule has 1 rings (SSSR count). The fourth-order valence-electron chi connectivity index (χ4n) is 0.917. The molecule has 0 bridgehead atoms. The molecule has 0 aliphatic rings. The Morgan fingerprint density at radius 1 is 1.08 bits per heavy atom. The van der Waals surface area contributed by atoms with E-state index in [9.17, 15) is 0 Å². The zero-order valence-corrected chi connectivity index (χ0v) is 9.63. The van der Waals surface area contributed by atoms with Crippen molar-refractivity contribution in [1.29, 1.82) is 0 Å². The molecule has 0 nitrogen and oxygen atoms in total. The summed E-state index contributed by atoms with van der Waals surface area (Å²) in [5, 5.41) is 0.796. The summed E-state index contributed by atoms with van der Waals surface area (Å²) < 4.78 is 0. The van der Waals surface area contributed by atoms with Gasteiger partial charge in [0, 0.05) is 15.8 Å². The van der Waals surface area contributed by atoms with Gasteiger partial charge in [0.05, 0.1) is 0 Å². The lowest BCUT2D eigenvalue weighted by molar-refractivity contribution is 0.903. The normalized spacial score (nSPS) is 10.3. The van der Waals surface area contributed by atoms with Crippen molar-refractivity contribution in [3.63, 3.8) is 0 Å². The second-order valence-corrected chi connectivity index (χ2v) is 4.68. The second kappa shape index (κ2) is 6.58. The maximum atomic E-state index is 5.77. The molecule has 0 aliphatic carbocycles. The fraction of sp³-hybridized carbons (Fsp3) is 0.400. The Morgan fingerprint density at radius 3 is 2.38 bits per heavy atom. The van der Waals surface area contributed by atoms with Crippen LogP contribution in [-0.2, 0) is 0 Å². The average molecular weight is 235 g/mol. The lowest BCUT2D eigenvalue weighted by Crippen LogP contribution is -1.81. The second-order valence-electron chi connectivity index (χ2n) is 2.70. The Bertz CT molecular complexity index is 233. The van der Waals surface area contributed by atoms with Gasteiger partial charge in [0.1, 0.15) is 0 Å². The third kappa shape index (κ3) is 4.80. The molecule has 1 aromatic carbocycles. The quantitative estimate of drug-likeness (QED) is 0.412. The largest absolute Gasteiger partial charge is 0.127 e. The summed E-state index contributed by atoms with van der Waals surface area (Å²) in [5.74, 6) is 1.90. The summed E-state index contributed by atoms with van der Waals surface area (Å²) in [7, 11) is 0. The number of halogens is 2. The first-order valence-electron chi connectivity index (χ1n) is 4.27. The van der Waals surface area contributed by atoms with Crippen molar-refractivity contribution in [3.05, 3.63) is 29.3 Å². The first kappa shape index (κ1) is 11.2. The number of thioether (sulfide) groups is 1. The highest BCUT2D eigenvalue weighted by atomic mass is 35.5. The van der Waals surface area contributed by atoms with E-state index in [4.69, 9.17) is 23.2 Å². The first-order valence-corrected chi connectivity index (χ1v) is 6.17. The molecule has 0 atom stereocenters. The molecule has 13 heavy (non-hydrogen) atoms. The minimum atomic E-state index is 0.765. The highest BCUT2D eigenvalue weighted by molar-refractivity contribution is 7.99. The maximum Gasteiger partial charge on any atom is 0.0406 e. The molecule has 0 amide bonds. The number of hydrogen-bond acceptors (Lipinski definition) is 1. The van der Waals surface area contributed by atoms with Gasteiger partial charge in [-0.3, -0.25) is 0 Å². The van der Waals surface area contributed by atoms with E-state index in [0.29, 0.717) is 0 Å². The van der Waals surface area contributed by atoms with Crippen molar-refractivity contribution in [2.45, 2.75) is 17.7 Å². The maximum absolute atomic E-state index is 5.77. The summed E-state index contributed by atoms with van der Waals surface area (Å²) in [5.41, 5.74) is 0. The molecule has 1 aromatic rings. The van der Waals surface area contributed by atoms with E-state index in [2.05, 4.69) is 0 Å². The van der Waals surface area contributed by atoms with Crippen LogP contribution >= 0.6 is 35.0 Å². The van der Waals surface area contributed by atoms with E-state index >= 15 is 0 Å². The van der Waals surface area contributed by atoms with E-state index in [1.807, 2.05) is 36.0 Å². The van der Waals surface area contributed by atoms with E-state index < -0.39 is 0 Å². The number of alkyl halides is 1. The topological polar surface area (TPSA) is 0 Å². The smallest absolute Gasteiger partial charge is 0.0406 e. The van der Waals surface area contributed by atoms with Gasteiger partial charge in [0.25, 0.3) is 0 Å².